The Labute approximate surface area is 107 Å². The van der Waals surface area contributed by atoms with Crippen molar-refractivity contribution in [3.63, 3.8) is 0 Å². The Bertz CT molecular complexity index is 431. The number of halogens is 2. The minimum absolute atomic E-state index is 0.0637. The molecule has 1 saturated carbocycles. The second kappa shape index (κ2) is 5.35. The standard InChI is InChI=1S/C15H21F2N/c1-9-3-5-11(8-18)13(7-9)12-6-4-10(2)14(16)15(12)17/h4,6,9,11,13H,3,5,7-8,18H2,1-2H3. The Morgan fingerprint density at radius 3 is 2.61 bits per heavy atom. The van der Waals surface area contributed by atoms with E-state index in [1.54, 1.807) is 19.1 Å². The zero-order valence-corrected chi connectivity index (χ0v) is 11.0. The summed E-state index contributed by atoms with van der Waals surface area (Å²) in [6.45, 7) is 4.31. The second-order valence-electron chi connectivity index (χ2n) is 5.62. The molecular weight excluding hydrogens is 232 g/mol. The molecule has 3 heteroatoms. The topological polar surface area (TPSA) is 26.0 Å². The number of nitrogens with two attached hydrogens (primary N) is 1. The van der Waals surface area contributed by atoms with Crippen LogP contribution >= 0.6 is 0 Å². The van der Waals surface area contributed by atoms with Crippen molar-refractivity contribution < 1.29 is 8.78 Å². The summed E-state index contributed by atoms with van der Waals surface area (Å²) in [5.41, 5.74) is 6.66. The van der Waals surface area contributed by atoms with Gasteiger partial charge in [0.05, 0.1) is 0 Å². The molecule has 1 aliphatic rings. The lowest BCUT2D eigenvalue weighted by molar-refractivity contribution is 0.248. The summed E-state index contributed by atoms with van der Waals surface area (Å²) in [5, 5.41) is 0. The summed E-state index contributed by atoms with van der Waals surface area (Å²) >= 11 is 0. The van der Waals surface area contributed by atoms with Crippen LogP contribution in [0.25, 0.3) is 0 Å². The van der Waals surface area contributed by atoms with Crippen molar-refractivity contribution in [2.75, 3.05) is 6.54 Å². The summed E-state index contributed by atoms with van der Waals surface area (Å²) in [6, 6.07) is 3.40. The fourth-order valence-electron chi connectivity index (χ4n) is 3.05. The van der Waals surface area contributed by atoms with Gasteiger partial charge in [0.2, 0.25) is 0 Å². The average molecular weight is 253 g/mol. The van der Waals surface area contributed by atoms with E-state index in [1.807, 2.05) is 0 Å². The van der Waals surface area contributed by atoms with Gasteiger partial charge in [-0.15, -0.1) is 0 Å². The van der Waals surface area contributed by atoms with Crippen LogP contribution in [0, 0.1) is 30.4 Å². The van der Waals surface area contributed by atoms with Gasteiger partial charge < -0.3 is 5.73 Å². The molecule has 2 rings (SSSR count). The first kappa shape index (κ1) is 13.5. The average Bonchev–Trinajstić information content (AvgIpc) is 2.36. The first-order valence-electron chi connectivity index (χ1n) is 6.69. The van der Waals surface area contributed by atoms with E-state index in [1.165, 1.54) is 0 Å². The normalized spacial score (nSPS) is 28.4. The van der Waals surface area contributed by atoms with Crippen molar-refractivity contribution in [2.24, 2.45) is 17.6 Å². The fraction of sp³-hybridized carbons (Fsp3) is 0.600. The van der Waals surface area contributed by atoms with Gasteiger partial charge in [-0.2, -0.15) is 0 Å². The molecule has 0 aliphatic heterocycles. The van der Waals surface area contributed by atoms with Gasteiger partial charge in [0.25, 0.3) is 0 Å². The molecule has 3 atom stereocenters. The maximum absolute atomic E-state index is 14.1. The third-order valence-corrected chi connectivity index (χ3v) is 4.26. The summed E-state index contributed by atoms with van der Waals surface area (Å²) in [5.74, 6) is -0.484. The second-order valence-corrected chi connectivity index (χ2v) is 5.62. The Balaban J connectivity index is 2.36. The molecule has 1 fully saturated rings. The van der Waals surface area contributed by atoms with Crippen LogP contribution in [-0.2, 0) is 0 Å². The Hall–Kier alpha value is -0.960. The lowest BCUT2D eigenvalue weighted by Crippen LogP contribution is -2.29. The zero-order valence-electron chi connectivity index (χ0n) is 11.0. The highest BCUT2D eigenvalue weighted by atomic mass is 19.2. The van der Waals surface area contributed by atoms with Gasteiger partial charge >= 0.3 is 0 Å². The van der Waals surface area contributed by atoms with E-state index in [2.05, 4.69) is 6.92 Å². The molecule has 100 valence electrons. The van der Waals surface area contributed by atoms with Crippen molar-refractivity contribution in [3.8, 4) is 0 Å². The van der Waals surface area contributed by atoms with Crippen LogP contribution in [0.4, 0.5) is 8.78 Å². The Kier molecular flexibility index (Phi) is 4.00. The monoisotopic (exact) mass is 253 g/mol. The Morgan fingerprint density at radius 2 is 1.94 bits per heavy atom. The van der Waals surface area contributed by atoms with Gasteiger partial charge in [-0.1, -0.05) is 25.5 Å². The van der Waals surface area contributed by atoms with Gasteiger partial charge in [0, 0.05) is 0 Å². The maximum atomic E-state index is 14.1. The predicted octanol–water partition coefficient (Wildman–Crippen LogP) is 3.75. The molecule has 1 aromatic rings. The smallest absolute Gasteiger partial charge is 0.162 e. The maximum Gasteiger partial charge on any atom is 0.162 e. The van der Waals surface area contributed by atoms with Crippen LogP contribution in [0.2, 0.25) is 0 Å². The van der Waals surface area contributed by atoms with E-state index in [9.17, 15) is 8.78 Å². The van der Waals surface area contributed by atoms with E-state index in [4.69, 9.17) is 5.73 Å². The van der Waals surface area contributed by atoms with Crippen LogP contribution in [-0.4, -0.2) is 6.54 Å². The highest BCUT2D eigenvalue weighted by Crippen LogP contribution is 2.41. The lowest BCUT2D eigenvalue weighted by atomic mass is 9.71. The van der Waals surface area contributed by atoms with Crippen LogP contribution < -0.4 is 5.73 Å². The van der Waals surface area contributed by atoms with Crippen molar-refractivity contribution in [2.45, 2.75) is 39.0 Å². The number of aryl methyl sites for hydroxylation is 1. The largest absolute Gasteiger partial charge is 0.330 e. The van der Waals surface area contributed by atoms with E-state index in [0.717, 1.165) is 19.3 Å². The molecular formula is C15H21F2N. The molecule has 2 N–H and O–H groups in total. The van der Waals surface area contributed by atoms with Gasteiger partial charge in [0.1, 0.15) is 0 Å². The number of benzene rings is 1. The first-order chi connectivity index (χ1) is 8.54. The number of hydrogen-bond donors (Lipinski definition) is 1. The molecule has 18 heavy (non-hydrogen) atoms. The molecule has 0 radical (unpaired) electrons. The Morgan fingerprint density at radius 1 is 1.22 bits per heavy atom. The van der Waals surface area contributed by atoms with Crippen LogP contribution in [0.1, 0.15) is 43.2 Å². The van der Waals surface area contributed by atoms with Crippen LogP contribution in [0.5, 0.6) is 0 Å². The quantitative estimate of drug-likeness (QED) is 0.853. The van der Waals surface area contributed by atoms with Gasteiger partial charge in [-0.05, 0) is 55.2 Å². The third-order valence-electron chi connectivity index (χ3n) is 4.26. The van der Waals surface area contributed by atoms with Crippen LogP contribution in [0.3, 0.4) is 0 Å². The predicted molar refractivity (Wildman–Crippen MR) is 69.4 cm³/mol. The van der Waals surface area contributed by atoms with Gasteiger partial charge in [-0.25, -0.2) is 8.78 Å². The van der Waals surface area contributed by atoms with E-state index in [-0.39, 0.29) is 11.8 Å². The van der Waals surface area contributed by atoms with E-state index in [0.29, 0.717) is 23.6 Å². The van der Waals surface area contributed by atoms with Crippen molar-refractivity contribution >= 4 is 0 Å². The summed E-state index contributed by atoms with van der Waals surface area (Å²) in [6.07, 6.45) is 3.05. The number of hydrogen-bond acceptors (Lipinski definition) is 1. The fourth-order valence-corrected chi connectivity index (χ4v) is 3.05. The van der Waals surface area contributed by atoms with Crippen molar-refractivity contribution in [1.29, 1.82) is 0 Å². The van der Waals surface area contributed by atoms with Gasteiger partial charge in [0.15, 0.2) is 11.6 Å². The SMILES string of the molecule is Cc1ccc(C2CC(C)CCC2CN)c(F)c1F. The molecule has 1 aliphatic carbocycles. The molecule has 0 amide bonds. The summed E-state index contributed by atoms with van der Waals surface area (Å²) in [7, 11) is 0. The summed E-state index contributed by atoms with van der Waals surface area (Å²) < 4.78 is 27.7. The highest BCUT2D eigenvalue weighted by molar-refractivity contribution is 5.29. The van der Waals surface area contributed by atoms with E-state index < -0.39 is 11.6 Å². The molecule has 0 spiro atoms. The molecule has 0 bridgehead atoms. The minimum atomic E-state index is -0.707. The molecule has 0 heterocycles. The molecule has 0 saturated heterocycles. The summed E-state index contributed by atoms with van der Waals surface area (Å²) in [4.78, 5) is 0. The third kappa shape index (κ3) is 2.41. The van der Waals surface area contributed by atoms with Crippen molar-refractivity contribution in [1.82, 2.24) is 0 Å². The molecule has 0 aromatic heterocycles. The minimum Gasteiger partial charge on any atom is -0.330 e. The van der Waals surface area contributed by atoms with E-state index >= 15 is 0 Å². The lowest BCUT2D eigenvalue weighted by Gasteiger charge is -2.34. The first-order valence-corrected chi connectivity index (χ1v) is 6.69. The van der Waals surface area contributed by atoms with Crippen molar-refractivity contribution in [3.05, 3.63) is 34.9 Å². The van der Waals surface area contributed by atoms with Crippen LogP contribution in [0.15, 0.2) is 12.1 Å². The molecule has 1 aromatic carbocycles. The highest BCUT2D eigenvalue weighted by Gasteiger charge is 2.31. The molecule has 1 nitrogen and oxygen atoms in total. The zero-order chi connectivity index (χ0) is 13.3. The molecule has 3 unspecified atom stereocenters. The number of rotatable bonds is 2. The van der Waals surface area contributed by atoms with Gasteiger partial charge in [-0.3, -0.25) is 0 Å².